The number of hydrogen-bond acceptors (Lipinski definition) is 4. The van der Waals surface area contributed by atoms with Crippen molar-refractivity contribution in [3.63, 3.8) is 0 Å². The van der Waals surface area contributed by atoms with Crippen molar-refractivity contribution in [3.05, 3.63) is 60.4 Å². The maximum absolute atomic E-state index is 11.8. The van der Waals surface area contributed by atoms with Crippen LogP contribution in [0.15, 0.2) is 59.2 Å². The highest BCUT2D eigenvalue weighted by Crippen LogP contribution is 2.17. The SMILES string of the molecule is COc1ccc(OCCCNC(=O)NCc2ccc3ccoc3c2)cc1. The van der Waals surface area contributed by atoms with Crippen LogP contribution in [-0.4, -0.2) is 26.3 Å². The summed E-state index contributed by atoms with van der Waals surface area (Å²) >= 11 is 0. The fourth-order valence-electron chi connectivity index (χ4n) is 2.49. The highest BCUT2D eigenvalue weighted by atomic mass is 16.5. The molecule has 2 aromatic carbocycles. The van der Waals surface area contributed by atoms with Gasteiger partial charge in [-0.3, -0.25) is 0 Å². The second kappa shape index (κ2) is 8.80. The molecule has 0 aliphatic heterocycles. The summed E-state index contributed by atoms with van der Waals surface area (Å²) in [4.78, 5) is 11.8. The van der Waals surface area contributed by atoms with Crippen molar-refractivity contribution in [1.82, 2.24) is 10.6 Å². The summed E-state index contributed by atoms with van der Waals surface area (Å²) in [5.74, 6) is 1.57. The maximum Gasteiger partial charge on any atom is 0.315 e. The van der Waals surface area contributed by atoms with Crippen LogP contribution in [0.25, 0.3) is 11.0 Å². The van der Waals surface area contributed by atoms with E-state index in [1.54, 1.807) is 13.4 Å². The molecule has 0 aliphatic rings. The van der Waals surface area contributed by atoms with Gasteiger partial charge in [-0.05, 0) is 48.4 Å². The molecule has 0 atom stereocenters. The lowest BCUT2D eigenvalue weighted by molar-refractivity contribution is 0.238. The van der Waals surface area contributed by atoms with E-state index in [0.717, 1.165) is 34.5 Å². The van der Waals surface area contributed by atoms with Gasteiger partial charge in [-0.2, -0.15) is 0 Å². The molecule has 2 N–H and O–H groups in total. The third-order valence-corrected chi connectivity index (χ3v) is 3.91. The number of benzene rings is 2. The lowest BCUT2D eigenvalue weighted by Gasteiger charge is -2.09. The first-order valence-electron chi connectivity index (χ1n) is 8.49. The zero-order valence-electron chi connectivity index (χ0n) is 14.7. The summed E-state index contributed by atoms with van der Waals surface area (Å²) in [6.07, 6.45) is 2.38. The number of furan rings is 1. The molecule has 6 nitrogen and oxygen atoms in total. The lowest BCUT2D eigenvalue weighted by Crippen LogP contribution is -2.35. The van der Waals surface area contributed by atoms with Crippen LogP contribution in [0, 0.1) is 0 Å². The van der Waals surface area contributed by atoms with E-state index >= 15 is 0 Å². The summed E-state index contributed by atoms with van der Waals surface area (Å²) in [5.41, 5.74) is 1.81. The quantitative estimate of drug-likeness (QED) is 0.605. The summed E-state index contributed by atoms with van der Waals surface area (Å²) in [6.45, 7) is 1.52. The molecule has 136 valence electrons. The molecule has 0 unspecified atom stereocenters. The van der Waals surface area contributed by atoms with Crippen molar-refractivity contribution in [2.45, 2.75) is 13.0 Å². The third kappa shape index (κ3) is 4.92. The molecule has 2 amide bonds. The molecule has 0 saturated heterocycles. The van der Waals surface area contributed by atoms with Crippen molar-refractivity contribution >= 4 is 17.0 Å². The van der Waals surface area contributed by atoms with Crippen LogP contribution in [0.1, 0.15) is 12.0 Å². The van der Waals surface area contributed by atoms with Gasteiger partial charge in [-0.1, -0.05) is 12.1 Å². The monoisotopic (exact) mass is 354 g/mol. The second-order valence-corrected chi connectivity index (χ2v) is 5.78. The Hall–Kier alpha value is -3.15. The first-order valence-corrected chi connectivity index (χ1v) is 8.49. The van der Waals surface area contributed by atoms with Gasteiger partial charge in [0.05, 0.1) is 20.0 Å². The van der Waals surface area contributed by atoms with E-state index in [0.29, 0.717) is 19.7 Å². The first kappa shape index (κ1) is 17.7. The van der Waals surface area contributed by atoms with Gasteiger partial charge in [0.1, 0.15) is 17.1 Å². The molecular formula is C20H22N2O4. The Morgan fingerprint density at radius 2 is 1.85 bits per heavy atom. The molecule has 0 radical (unpaired) electrons. The Labute approximate surface area is 152 Å². The number of methoxy groups -OCH3 is 1. The number of amides is 2. The Kier molecular flexibility index (Phi) is 5.98. The largest absolute Gasteiger partial charge is 0.497 e. The smallest absolute Gasteiger partial charge is 0.315 e. The average molecular weight is 354 g/mol. The molecule has 3 rings (SSSR count). The number of fused-ring (bicyclic) bond motifs is 1. The first-order chi connectivity index (χ1) is 12.7. The van der Waals surface area contributed by atoms with Crippen LogP contribution in [0.2, 0.25) is 0 Å². The van der Waals surface area contributed by atoms with Crippen LogP contribution < -0.4 is 20.1 Å². The van der Waals surface area contributed by atoms with Gasteiger partial charge in [0.15, 0.2) is 0 Å². The van der Waals surface area contributed by atoms with E-state index in [-0.39, 0.29) is 6.03 Å². The number of carbonyl (C=O) groups excluding carboxylic acids is 1. The van der Waals surface area contributed by atoms with Crippen molar-refractivity contribution in [1.29, 1.82) is 0 Å². The summed E-state index contributed by atoms with van der Waals surface area (Å²) < 4.78 is 16.1. The Morgan fingerprint density at radius 3 is 2.65 bits per heavy atom. The van der Waals surface area contributed by atoms with Crippen LogP contribution in [0.3, 0.4) is 0 Å². The number of ether oxygens (including phenoxy) is 2. The van der Waals surface area contributed by atoms with Crippen molar-refractivity contribution in [3.8, 4) is 11.5 Å². The normalized spacial score (nSPS) is 10.5. The van der Waals surface area contributed by atoms with Gasteiger partial charge >= 0.3 is 6.03 Å². The molecule has 26 heavy (non-hydrogen) atoms. The van der Waals surface area contributed by atoms with Gasteiger partial charge in [0.25, 0.3) is 0 Å². The number of urea groups is 1. The fourth-order valence-corrected chi connectivity index (χ4v) is 2.49. The van der Waals surface area contributed by atoms with Gasteiger partial charge in [-0.15, -0.1) is 0 Å². The van der Waals surface area contributed by atoms with Gasteiger partial charge in [0.2, 0.25) is 0 Å². The van der Waals surface area contributed by atoms with Crippen molar-refractivity contribution in [2.75, 3.05) is 20.3 Å². The standard InChI is InChI=1S/C20H22N2O4/c1-24-17-5-7-18(8-6-17)25-11-2-10-21-20(23)22-14-15-3-4-16-9-12-26-19(16)13-15/h3-9,12-13H,2,10-11,14H2,1H3,(H2,21,22,23). The zero-order valence-corrected chi connectivity index (χ0v) is 14.7. The van der Waals surface area contributed by atoms with E-state index in [1.807, 2.05) is 48.5 Å². The van der Waals surface area contributed by atoms with E-state index in [4.69, 9.17) is 13.9 Å². The predicted octanol–water partition coefficient (Wildman–Crippen LogP) is 3.71. The van der Waals surface area contributed by atoms with Gasteiger partial charge in [0, 0.05) is 18.5 Å². The number of hydrogen-bond donors (Lipinski definition) is 2. The minimum absolute atomic E-state index is 0.200. The molecule has 0 fully saturated rings. The summed E-state index contributed by atoms with van der Waals surface area (Å²) in [5, 5.41) is 6.70. The Morgan fingerprint density at radius 1 is 1.04 bits per heavy atom. The van der Waals surface area contributed by atoms with Gasteiger partial charge in [-0.25, -0.2) is 4.79 Å². The van der Waals surface area contributed by atoms with Crippen LogP contribution in [0.4, 0.5) is 4.79 Å². The number of rotatable bonds is 8. The predicted molar refractivity (Wildman–Crippen MR) is 99.6 cm³/mol. The Bertz CT molecular complexity index is 842. The number of carbonyl (C=O) groups is 1. The van der Waals surface area contributed by atoms with Crippen LogP contribution in [-0.2, 0) is 6.54 Å². The minimum atomic E-state index is -0.200. The van der Waals surface area contributed by atoms with Gasteiger partial charge < -0.3 is 24.5 Å². The molecule has 0 saturated carbocycles. The highest BCUT2D eigenvalue weighted by Gasteiger charge is 2.03. The van der Waals surface area contributed by atoms with E-state index in [9.17, 15) is 4.79 Å². The van der Waals surface area contributed by atoms with Crippen molar-refractivity contribution in [2.24, 2.45) is 0 Å². The Balaban J connectivity index is 1.31. The topological polar surface area (TPSA) is 72.7 Å². The van der Waals surface area contributed by atoms with E-state index in [1.165, 1.54) is 0 Å². The molecule has 0 aliphatic carbocycles. The molecule has 1 heterocycles. The van der Waals surface area contributed by atoms with Crippen LogP contribution >= 0.6 is 0 Å². The average Bonchev–Trinajstić information content (AvgIpc) is 3.14. The zero-order chi connectivity index (χ0) is 18.2. The lowest BCUT2D eigenvalue weighted by atomic mass is 10.2. The van der Waals surface area contributed by atoms with E-state index in [2.05, 4.69) is 10.6 Å². The highest BCUT2D eigenvalue weighted by molar-refractivity contribution is 5.78. The van der Waals surface area contributed by atoms with E-state index < -0.39 is 0 Å². The minimum Gasteiger partial charge on any atom is -0.497 e. The third-order valence-electron chi connectivity index (χ3n) is 3.91. The summed E-state index contributed by atoms with van der Waals surface area (Å²) in [7, 11) is 1.63. The number of nitrogens with one attached hydrogen (secondary N) is 2. The molecule has 1 aromatic heterocycles. The molecule has 0 spiro atoms. The fraction of sp³-hybridized carbons (Fsp3) is 0.250. The van der Waals surface area contributed by atoms with Crippen LogP contribution in [0.5, 0.6) is 11.5 Å². The second-order valence-electron chi connectivity index (χ2n) is 5.78. The molecule has 3 aromatic rings. The summed E-state index contributed by atoms with van der Waals surface area (Å²) in [6, 6.07) is 15.0. The molecule has 6 heteroatoms. The molecule has 0 bridgehead atoms. The maximum atomic E-state index is 11.8. The van der Waals surface area contributed by atoms with Crippen molar-refractivity contribution < 1.29 is 18.7 Å². The molecular weight excluding hydrogens is 332 g/mol.